The number of pyridine rings is 2. The SMILES string of the molecule is CC1(CN)CN(c2nc3c(cc2F)c(=O)c(C(=O)O)cn3C2CC2)CC1=O. The number of ketones is 1. The van der Waals surface area contributed by atoms with Crippen LogP contribution >= 0.6 is 0 Å². The summed E-state index contributed by atoms with van der Waals surface area (Å²) >= 11 is 0. The van der Waals surface area contributed by atoms with Gasteiger partial charge in [0.25, 0.3) is 0 Å². The third-order valence-corrected chi connectivity index (χ3v) is 5.41. The fourth-order valence-electron chi connectivity index (χ4n) is 3.50. The zero-order valence-electron chi connectivity index (χ0n) is 14.7. The topological polar surface area (TPSA) is 119 Å². The Labute approximate surface area is 153 Å². The highest BCUT2D eigenvalue weighted by molar-refractivity contribution is 5.94. The summed E-state index contributed by atoms with van der Waals surface area (Å²) in [5, 5.41) is 9.20. The molecule has 0 amide bonds. The lowest BCUT2D eigenvalue weighted by atomic mass is 9.89. The maximum atomic E-state index is 14.8. The van der Waals surface area contributed by atoms with Crippen molar-refractivity contribution < 1.29 is 19.1 Å². The Morgan fingerprint density at radius 2 is 2.15 bits per heavy atom. The molecule has 4 rings (SSSR count). The van der Waals surface area contributed by atoms with Gasteiger partial charge in [0, 0.05) is 25.3 Å². The van der Waals surface area contributed by atoms with Gasteiger partial charge < -0.3 is 20.3 Å². The molecule has 3 N–H and O–H groups in total. The molecule has 1 unspecified atom stereocenters. The van der Waals surface area contributed by atoms with E-state index in [9.17, 15) is 23.9 Å². The molecule has 3 heterocycles. The molecule has 1 saturated heterocycles. The summed E-state index contributed by atoms with van der Waals surface area (Å²) < 4.78 is 16.4. The quantitative estimate of drug-likeness (QED) is 0.817. The number of carboxylic acid groups (broad SMARTS) is 1. The average molecular weight is 374 g/mol. The molecule has 1 aliphatic heterocycles. The first kappa shape index (κ1) is 17.6. The number of anilines is 1. The first-order valence-corrected chi connectivity index (χ1v) is 8.72. The molecule has 1 atom stereocenters. The van der Waals surface area contributed by atoms with E-state index in [0.29, 0.717) is 0 Å². The summed E-state index contributed by atoms with van der Waals surface area (Å²) in [6.07, 6.45) is 2.94. The number of nitrogens with two attached hydrogens (primary N) is 1. The molecule has 142 valence electrons. The van der Waals surface area contributed by atoms with E-state index >= 15 is 0 Å². The Morgan fingerprint density at radius 3 is 2.70 bits per heavy atom. The van der Waals surface area contributed by atoms with Crippen LogP contribution in [0.2, 0.25) is 0 Å². The van der Waals surface area contributed by atoms with Crippen LogP contribution in [0.25, 0.3) is 11.0 Å². The van der Waals surface area contributed by atoms with E-state index in [1.54, 1.807) is 11.5 Å². The van der Waals surface area contributed by atoms with E-state index in [0.717, 1.165) is 18.9 Å². The second kappa shape index (κ2) is 5.85. The lowest BCUT2D eigenvalue weighted by molar-refractivity contribution is -0.123. The number of halogens is 1. The van der Waals surface area contributed by atoms with Crippen LogP contribution in [-0.2, 0) is 4.79 Å². The van der Waals surface area contributed by atoms with Crippen molar-refractivity contribution in [2.45, 2.75) is 25.8 Å². The highest BCUT2D eigenvalue weighted by atomic mass is 19.1. The fourth-order valence-corrected chi connectivity index (χ4v) is 3.50. The van der Waals surface area contributed by atoms with Crippen molar-refractivity contribution in [2.75, 3.05) is 24.5 Å². The first-order valence-electron chi connectivity index (χ1n) is 8.72. The van der Waals surface area contributed by atoms with Gasteiger partial charge in [0.05, 0.1) is 17.3 Å². The predicted molar refractivity (Wildman–Crippen MR) is 95.6 cm³/mol. The number of hydrogen-bond donors (Lipinski definition) is 2. The van der Waals surface area contributed by atoms with Crippen molar-refractivity contribution in [2.24, 2.45) is 11.1 Å². The molecule has 9 heteroatoms. The maximum absolute atomic E-state index is 14.8. The van der Waals surface area contributed by atoms with Gasteiger partial charge in [-0.2, -0.15) is 0 Å². The van der Waals surface area contributed by atoms with E-state index in [-0.39, 0.29) is 48.3 Å². The molecular weight excluding hydrogens is 355 g/mol. The Kier molecular flexibility index (Phi) is 3.81. The van der Waals surface area contributed by atoms with E-state index < -0.39 is 28.2 Å². The predicted octanol–water partition coefficient (Wildman–Crippen LogP) is 0.923. The molecule has 0 spiro atoms. The van der Waals surface area contributed by atoms with Crippen LogP contribution < -0.4 is 16.1 Å². The van der Waals surface area contributed by atoms with Gasteiger partial charge in [-0.15, -0.1) is 0 Å². The van der Waals surface area contributed by atoms with Gasteiger partial charge in [0.1, 0.15) is 11.2 Å². The molecule has 2 aliphatic rings. The van der Waals surface area contributed by atoms with Gasteiger partial charge in [-0.05, 0) is 25.8 Å². The van der Waals surface area contributed by atoms with Crippen molar-refractivity contribution in [3.63, 3.8) is 0 Å². The number of hydrogen-bond acceptors (Lipinski definition) is 6. The number of carbonyl (C=O) groups is 2. The van der Waals surface area contributed by atoms with Crippen LogP contribution in [0.4, 0.5) is 10.2 Å². The monoisotopic (exact) mass is 374 g/mol. The third kappa shape index (κ3) is 2.69. The van der Waals surface area contributed by atoms with Crippen molar-refractivity contribution in [1.29, 1.82) is 0 Å². The van der Waals surface area contributed by atoms with Gasteiger partial charge in [-0.25, -0.2) is 14.2 Å². The molecule has 0 radical (unpaired) electrons. The Hall–Kier alpha value is -2.81. The van der Waals surface area contributed by atoms with Crippen LogP contribution in [0.5, 0.6) is 0 Å². The van der Waals surface area contributed by atoms with Gasteiger partial charge in [0.15, 0.2) is 17.4 Å². The van der Waals surface area contributed by atoms with Gasteiger partial charge in [-0.3, -0.25) is 9.59 Å². The number of carboxylic acids is 1. The summed E-state index contributed by atoms with van der Waals surface area (Å²) in [6.45, 7) is 2.10. The molecule has 8 nitrogen and oxygen atoms in total. The molecule has 1 saturated carbocycles. The lowest BCUT2D eigenvalue weighted by Crippen LogP contribution is -2.35. The van der Waals surface area contributed by atoms with Crippen molar-refractivity contribution >= 4 is 28.6 Å². The van der Waals surface area contributed by atoms with Gasteiger partial charge in [0.2, 0.25) is 5.43 Å². The number of aromatic nitrogens is 2. The minimum absolute atomic E-state index is 0.00992. The van der Waals surface area contributed by atoms with Crippen LogP contribution in [-0.4, -0.2) is 46.0 Å². The molecular formula is C18H19FN4O4. The summed E-state index contributed by atoms with van der Waals surface area (Å²) in [4.78, 5) is 42.0. The van der Waals surface area contributed by atoms with E-state index in [1.165, 1.54) is 11.1 Å². The zero-order chi connectivity index (χ0) is 19.5. The number of aromatic carboxylic acids is 1. The smallest absolute Gasteiger partial charge is 0.341 e. The minimum atomic E-state index is -1.36. The molecule has 2 aromatic heterocycles. The minimum Gasteiger partial charge on any atom is -0.477 e. The Morgan fingerprint density at radius 1 is 1.44 bits per heavy atom. The molecule has 0 bridgehead atoms. The number of carbonyl (C=O) groups excluding carboxylic acids is 1. The van der Waals surface area contributed by atoms with Gasteiger partial charge >= 0.3 is 5.97 Å². The van der Waals surface area contributed by atoms with Crippen LogP contribution in [0.15, 0.2) is 17.1 Å². The number of Topliss-reactive ketones (excluding diaryl/α,β-unsaturated/α-hetero) is 1. The third-order valence-electron chi connectivity index (χ3n) is 5.41. The highest BCUT2D eigenvalue weighted by Gasteiger charge is 2.42. The van der Waals surface area contributed by atoms with Gasteiger partial charge in [-0.1, -0.05) is 0 Å². The molecule has 2 fully saturated rings. The standard InChI is InChI=1S/C18H19FN4O4/c1-18(7-20)8-22(6-13(18)24)16-12(19)4-10-14(25)11(17(26)27)5-23(9-2-3-9)15(10)21-16/h4-5,9H,2-3,6-8,20H2,1H3,(H,26,27). The molecule has 0 aromatic carbocycles. The second-order valence-corrected chi connectivity index (χ2v) is 7.52. The summed E-state index contributed by atoms with van der Waals surface area (Å²) in [6, 6.07) is 1.06. The van der Waals surface area contributed by atoms with Crippen molar-refractivity contribution in [3.8, 4) is 0 Å². The average Bonchev–Trinajstić information content (AvgIpc) is 3.41. The summed E-state index contributed by atoms with van der Waals surface area (Å²) in [7, 11) is 0. The molecule has 27 heavy (non-hydrogen) atoms. The Balaban J connectivity index is 1.90. The summed E-state index contributed by atoms with van der Waals surface area (Å²) in [5.74, 6) is -2.24. The number of nitrogens with zero attached hydrogens (tertiary/aromatic N) is 3. The van der Waals surface area contributed by atoms with Crippen LogP contribution in [0, 0.1) is 11.2 Å². The van der Waals surface area contributed by atoms with Crippen molar-refractivity contribution in [1.82, 2.24) is 9.55 Å². The molecule has 1 aliphatic carbocycles. The van der Waals surface area contributed by atoms with E-state index in [4.69, 9.17) is 5.73 Å². The first-order chi connectivity index (χ1) is 12.7. The number of rotatable bonds is 4. The molecule has 2 aromatic rings. The van der Waals surface area contributed by atoms with E-state index in [2.05, 4.69) is 4.98 Å². The van der Waals surface area contributed by atoms with E-state index in [1.807, 2.05) is 0 Å². The lowest BCUT2D eigenvalue weighted by Gasteiger charge is -2.22. The van der Waals surface area contributed by atoms with Crippen LogP contribution in [0.3, 0.4) is 0 Å². The maximum Gasteiger partial charge on any atom is 0.341 e. The highest BCUT2D eigenvalue weighted by Crippen LogP contribution is 2.38. The Bertz CT molecular complexity index is 1050. The summed E-state index contributed by atoms with van der Waals surface area (Å²) in [5.41, 5.74) is 3.99. The van der Waals surface area contributed by atoms with Crippen molar-refractivity contribution in [3.05, 3.63) is 33.9 Å². The number of fused-ring (bicyclic) bond motifs is 1. The second-order valence-electron chi connectivity index (χ2n) is 7.52. The zero-order valence-corrected chi connectivity index (χ0v) is 14.7. The normalized spacial score (nSPS) is 22.6. The largest absolute Gasteiger partial charge is 0.477 e. The van der Waals surface area contributed by atoms with Crippen LogP contribution in [0.1, 0.15) is 36.2 Å². The fraction of sp³-hybridized carbons (Fsp3) is 0.444.